The quantitative estimate of drug-likeness (QED) is 0.744. The highest BCUT2D eigenvalue weighted by Crippen LogP contribution is 2.41. The number of rotatable bonds is 3. The molecule has 1 saturated carbocycles. The minimum atomic E-state index is 0.755. The Morgan fingerprint density at radius 2 is 2.15 bits per heavy atom. The highest BCUT2D eigenvalue weighted by molar-refractivity contribution is 7.98. The molecule has 1 radical (unpaired) electrons. The van der Waals surface area contributed by atoms with Gasteiger partial charge in [-0.1, -0.05) is 6.07 Å². The van der Waals surface area contributed by atoms with Gasteiger partial charge in [-0.15, -0.1) is 11.8 Å². The number of thioether (sulfide) groups is 1. The van der Waals surface area contributed by atoms with Crippen LogP contribution in [0.2, 0.25) is 0 Å². The normalized spacial score (nSPS) is 16.2. The van der Waals surface area contributed by atoms with E-state index in [0.717, 1.165) is 11.5 Å². The fourth-order valence-corrected chi connectivity index (χ4v) is 2.00. The molecule has 1 aromatic rings. The van der Waals surface area contributed by atoms with Crippen LogP contribution in [0.25, 0.3) is 0 Å². The van der Waals surface area contributed by atoms with Crippen molar-refractivity contribution in [1.29, 1.82) is 0 Å². The second-order valence-corrected chi connectivity index (χ2v) is 4.32. The molecule has 1 nitrogen and oxygen atoms in total. The molecule has 0 unspecified atom stereocenters. The Bertz CT molecular complexity index is 283. The molecule has 0 atom stereocenters. The molecular formula is C11H13OS. The van der Waals surface area contributed by atoms with Crippen LogP contribution in [-0.2, 0) is 0 Å². The number of hydrogen-bond acceptors (Lipinski definition) is 2. The first-order chi connectivity index (χ1) is 6.33. The number of aliphatic hydroxyl groups is 1. The SMILES string of the molecule is CSc1cc([CH]O)cc(C2CC2)c1. The first kappa shape index (κ1) is 9.10. The van der Waals surface area contributed by atoms with Gasteiger partial charge in [0, 0.05) is 4.90 Å². The molecule has 1 aliphatic carbocycles. The van der Waals surface area contributed by atoms with E-state index in [0.29, 0.717) is 0 Å². The van der Waals surface area contributed by atoms with Gasteiger partial charge in [-0.3, -0.25) is 0 Å². The van der Waals surface area contributed by atoms with Crippen LogP contribution in [0.3, 0.4) is 0 Å². The van der Waals surface area contributed by atoms with E-state index >= 15 is 0 Å². The van der Waals surface area contributed by atoms with E-state index in [1.807, 2.05) is 6.07 Å². The molecule has 69 valence electrons. The Morgan fingerprint density at radius 1 is 1.38 bits per heavy atom. The van der Waals surface area contributed by atoms with Crippen LogP contribution in [0.5, 0.6) is 0 Å². The summed E-state index contributed by atoms with van der Waals surface area (Å²) in [5.41, 5.74) is 2.31. The van der Waals surface area contributed by atoms with E-state index < -0.39 is 0 Å². The lowest BCUT2D eigenvalue weighted by molar-refractivity contribution is 0.414. The van der Waals surface area contributed by atoms with Crippen LogP contribution in [0, 0.1) is 6.61 Å². The van der Waals surface area contributed by atoms with Crippen molar-refractivity contribution in [3.8, 4) is 0 Å². The molecule has 1 aliphatic rings. The predicted molar refractivity (Wildman–Crippen MR) is 55.5 cm³/mol. The summed E-state index contributed by atoms with van der Waals surface area (Å²) < 4.78 is 0. The van der Waals surface area contributed by atoms with E-state index in [-0.39, 0.29) is 0 Å². The van der Waals surface area contributed by atoms with Crippen molar-refractivity contribution < 1.29 is 5.11 Å². The smallest absolute Gasteiger partial charge is 0.109 e. The minimum Gasteiger partial charge on any atom is -0.385 e. The Labute approximate surface area is 83.2 Å². The van der Waals surface area contributed by atoms with Gasteiger partial charge in [0.1, 0.15) is 6.61 Å². The van der Waals surface area contributed by atoms with E-state index in [4.69, 9.17) is 5.11 Å². The van der Waals surface area contributed by atoms with Crippen molar-refractivity contribution in [2.75, 3.05) is 6.26 Å². The lowest BCUT2D eigenvalue weighted by Crippen LogP contribution is -1.86. The van der Waals surface area contributed by atoms with E-state index in [9.17, 15) is 0 Å². The zero-order valence-corrected chi connectivity index (χ0v) is 8.47. The molecule has 0 heterocycles. The highest BCUT2D eigenvalue weighted by Gasteiger charge is 2.23. The molecule has 0 saturated heterocycles. The van der Waals surface area contributed by atoms with Gasteiger partial charge >= 0.3 is 0 Å². The molecule has 1 aromatic carbocycles. The maximum atomic E-state index is 8.95. The third-order valence-electron chi connectivity index (χ3n) is 2.38. The fourth-order valence-electron chi connectivity index (χ4n) is 1.49. The first-order valence-corrected chi connectivity index (χ1v) is 5.72. The van der Waals surface area contributed by atoms with Crippen molar-refractivity contribution in [1.82, 2.24) is 0 Å². The third-order valence-corrected chi connectivity index (χ3v) is 3.09. The van der Waals surface area contributed by atoms with Gasteiger partial charge in [0.25, 0.3) is 0 Å². The molecule has 2 heteroatoms. The lowest BCUT2D eigenvalue weighted by atomic mass is 10.1. The summed E-state index contributed by atoms with van der Waals surface area (Å²) in [5.74, 6) is 0.755. The molecule has 0 aliphatic heterocycles. The maximum Gasteiger partial charge on any atom is 0.109 e. The van der Waals surface area contributed by atoms with Gasteiger partial charge in [0.15, 0.2) is 0 Å². The minimum absolute atomic E-state index is 0.755. The summed E-state index contributed by atoms with van der Waals surface area (Å²) in [5, 5.41) is 8.95. The van der Waals surface area contributed by atoms with Crippen molar-refractivity contribution in [2.24, 2.45) is 0 Å². The van der Waals surface area contributed by atoms with Gasteiger partial charge in [0.2, 0.25) is 0 Å². The maximum absolute atomic E-state index is 8.95. The van der Waals surface area contributed by atoms with Crippen molar-refractivity contribution in [3.63, 3.8) is 0 Å². The molecule has 1 N–H and O–H groups in total. The van der Waals surface area contributed by atoms with Crippen LogP contribution >= 0.6 is 11.8 Å². The fraction of sp³-hybridized carbons (Fsp3) is 0.364. The monoisotopic (exact) mass is 193 g/mol. The molecule has 2 rings (SSSR count). The summed E-state index contributed by atoms with van der Waals surface area (Å²) >= 11 is 1.73. The van der Waals surface area contributed by atoms with Gasteiger partial charge in [-0.05, 0) is 48.3 Å². The molecule has 0 aromatic heterocycles. The number of hydrogen-bond donors (Lipinski definition) is 1. The zero-order chi connectivity index (χ0) is 9.26. The topological polar surface area (TPSA) is 20.2 Å². The van der Waals surface area contributed by atoms with E-state index in [2.05, 4.69) is 18.4 Å². The van der Waals surface area contributed by atoms with Crippen molar-refractivity contribution in [2.45, 2.75) is 23.7 Å². The Balaban J connectivity index is 2.33. The van der Waals surface area contributed by atoms with Gasteiger partial charge in [-0.25, -0.2) is 0 Å². The summed E-state index contributed by atoms with van der Waals surface area (Å²) in [6.07, 6.45) is 4.68. The Hall–Kier alpha value is -0.470. The Kier molecular flexibility index (Phi) is 2.61. The van der Waals surface area contributed by atoms with E-state index in [1.165, 1.54) is 29.9 Å². The average Bonchev–Trinajstić information content (AvgIpc) is 3.00. The molecule has 13 heavy (non-hydrogen) atoms. The molecule has 0 bridgehead atoms. The predicted octanol–water partition coefficient (Wildman–Crippen LogP) is 3.17. The van der Waals surface area contributed by atoms with Crippen LogP contribution in [0.4, 0.5) is 0 Å². The molecular weight excluding hydrogens is 180 g/mol. The van der Waals surface area contributed by atoms with Gasteiger partial charge in [0.05, 0.1) is 0 Å². The van der Waals surface area contributed by atoms with E-state index in [1.54, 1.807) is 11.8 Å². The van der Waals surface area contributed by atoms with Crippen LogP contribution < -0.4 is 0 Å². The van der Waals surface area contributed by atoms with Crippen LogP contribution in [0.1, 0.15) is 29.9 Å². The summed E-state index contributed by atoms with van der Waals surface area (Å²) in [4.78, 5) is 1.24. The number of benzene rings is 1. The van der Waals surface area contributed by atoms with Crippen LogP contribution in [-0.4, -0.2) is 11.4 Å². The third kappa shape index (κ3) is 2.06. The zero-order valence-electron chi connectivity index (χ0n) is 7.66. The largest absolute Gasteiger partial charge is 0.385 e. The Morgan fingerprint density at radius 3 is 2.69 bits per heavy atom. The second kappa shape index (κ2) is 3.72. The molecule has 1 fully saturated rings. The summed E-state index contributed by atoms with van der Waals surface area (Å²) in [6, 6.07) is 6.32. The standard InChI is InChI=1S/C11H13OS/c1-13-11-5-8(7-12)4-10(6-11)9-2-3-9/h4-7,9,12H,2-3H2,1H3. The van der Waals surface area contributed by atoms with Crippen molar-refractivity contribution >= 4 is 11.8 Å². The second-order valence-electron chi connectivity index (χ2n) is 3.44. The van der Waals surface area contributed by atoms with Gasteiger partial charge in [-0.2, -0.15) is 0 Å². The first-order valence-electron chi connectivity index (χ1n) is 4.50. The molecule has 0 amide bonds. The summed E-state index contributed by atoms with van der Waals surface area (Å²) in [6.45, 7) is 1.19. The average molecular weight is 193 g/mol. The lowest BCUT2D eigenvalue weighted by Gasteiger charge is -2.05. The van der Waals surface area contributed by atoms with Crippen LogP contribution in [0.15, 0.2) is 23.1 Å². The van der Waals surface area contributed by atoms with Crippen molar-refractivity contribution in [3.05, 3.63) is 35.9 Å². The van der Waals surface area contributed by atoms with Gasteiger partial charge < -0.3 is 5.11 Å². The molecule has 0 spiro atoms. The summed E-state index contributed by atoms with van der Waals surface area (Å²) in [7, 11) is 0. The number of aliphatic hydroxyl groups excluding tert-OH is 1. The highest BCUT2D eigenvalue weighted by atomic mass is 32.2.